The molecule has 0 aliphatic carbocycles. The fourth-order valence-corrected chi connectivity index (χ4v) is 3.82. The van der Waals surface area contributed by atoms with E-state index in [1.165, 1.54) is 7.11 Å². The Balaban J connectivity index is 1.85. The van der Waals surface area contributed by atoms with Crippen LogP contribution in [-0.2, 0) is 19.0 Å². The number of hydrogen-bond acceptors (Lipinski definition) is 5. The minimum Gasteiger partial charge on any atom is -0.463 e. The molecular weight excluding hydrogens is 358 g/mol. The maximum Gasteiger partial charge on any atom is 0.412 e. The van der Waals surface area contributed by atoms with Gasteiger partial charge in [-0.05, 0) is 17.2 Å². The van der Waals surface area contributed by atoms with E-state index >= 15 is 0 Å². The summed E-state index contributed by atoms with van der Waals surface area (Å²) in [6, 6.07) is 19.8. The highest BCUT2D eigenvalue weighted by Crippen LogP contribution is 2.44. The van der Waals surface area contributed by atoms with Crippen molar-refractivity contribution in [2.75, 3.05) is 20.3 Å². The Bertz CT molecular complexity index is 880. The van der Waals surface area contributed by atoms with E-state index in [0.717, 1.165) is 11.1 Å². The standard InChI is InChI=1S/C22H21NO5/c1-26-21(24)18-14-17(15-8-4-2-5-9-15)19(16-10-6-3-7-11-16)20(28-18)23-12-13-27-22(23)25/h2-11,14,17,19-20H,12-13H2,1H3/t17-,19-,20-/m0/s1. The zero-order chi connectivity index (χ0) is 19.5. The van der Waals surface area contributed by atoms with E-state index in [0.29, 0.717) is 13.2 Å². The lowest BCUT2D eigenvalue weighted by atomic mass is 9.78. The summed E-state index contributed by atoms with van der Waals surface area (Å²) in [6.45, 7) is 0.705. The number of benzene rings is 2. The van der Waals surface area contributed by atoms with Crippen LogP contribution in [0.25, 0.3) is 0 Å². The van der Waals surface area contributed by atoms with Gasteiger partial charge in [-0.2, -0.15) is 0 Å². The second-order valence-electron chi connectivity index (χ2n) is 6.71. The van der Waals surface area contributed by atoms with Crippen LogP contribution >= 0.6 is 0 Å². The summed E-state index contributed by atoms with van der Waals surface area (Å²) in [5.41, 5.74) is 2.04. The van der Waals surface area contributed by atoms with Crippen molar-refractivity contribution < 1.29 is 23.8 Å². The molecule has 2 aliphatic heterocycles. The van der Waals surface area contributed by atoms with Crippen LogP contribution in [0.5, 0.6) is 0 Å². The zero-order valence-electron chi connectivity index (χ0n) is 15.5. The fraction of sp³-hybridized carbons (Fsp3) is 0.273. The first-order valence-corrected chi connectivity index (χ1v) is 9.19. The minimum absolute atomic E-state index is 0.105. The molecule has 28 heavy (non-hydrogen) atoms. The Morgan fingerprint density at radius 3 is 2.25 bits per heavy atom. The number of rotatable bonds is 4. The van der Waals surface area contributed by atoms with E-state index < -0.39 is 18.3 Å². The van der Waals surface area contributed by atoms with Gasteiger partial charge in [-0.3, -0.25) is 4.90 Å². The van der Waals surface area contributed by atoms with Crippen molar-refractivity contribution in [2.24, 2.45) is 0 Å². The predicted octanol–water partition coefficient (Wildman–Crippen LogP) is 3.42. The number of ether oxygens (including phenoxy) is 3. The summed E-state index contributed by atoms with van der Waals surface area (Å²) in [5, 5.41) is 0. The maximum atomic E-state index is 12.3. The molecule has 1 amide bonds. The molecule has 3 atom stereocenters. The van der Waals surface area contributed by atoms with Gasteiger partial charge in [0.2, 0.25) is 5.76 Å². The van der Waals surface area contributed by atoms with Gasteiger partial charge in [-0.15, -0.1) is 0 Å². The van der Waals surface area contributed by atoms with Crippen LogP contribution in [-0.4, -0.2) is 43.5 Å². The third-order valence-electron chi connectivity index (χ3n) is 5.13. The van der Waals surface area contributed by atoms with E-state index in [4.69, 9.17) is 14.2 Å². The molecular formula is C22H21NO5. The van der Waals surface area contributed by atoms with Crippen LogP contribution in [0.3, 0.4) is 0 Å². The Hall–Kier alpha value is -3.28. The Morgan fingerprint density at radius 2 is 1.68 bits per heavy atom. The van der Waals surface area contributed by atoms with Crippen molar-refractivity contribution in [2.45, 2.75) is 18.1 Å². The lowest BCUT2D eigenvalue weighted by Gasteiger charge is -2.40. The molecule has 2 aromatic carbocycles. The molecule has 1 fully saturated rings. The third kappa shape index (κ3) is 3.33. The number of carbonyl (C=O) groups excluding carboxylic acids is 2. The second kappa shape index (κ2) is 7.76. The van der Waals surface area contributed by atoms with E-state index in [2.05, 4.69) is 0 Å². The Kier molecular flexibility index (Phi) is 5.02. The van der Waals surface area contributed by atoms with Gasteiger partial charge in [0, 0.05) is 5.92 Å². The lowest BCUT2D eigenvalue weighted by Crippen LogP contribution is -2.46. The van der Waals surface area contributed by atoms with Gasteiger partial charge in [0.15, 0.2) is 6.23 Å². The third-order valence-corrected chi connectivity index (χ3v) is 5.13. The van der Waals surface area contributed by atoms with Gasteiger partial charge in [0.05, 0.1) is 19.6 Å². The average Bonchev–Trinajstić information content (AvgIpc) is 3.19. The van der Waals surface area contributed by atoms with E-state index in [9.17, 15) is 9.59 Å². The van der Waals surface area contributed by atoms with Crippen molar-refractivity contribution in [3.05, 3.63) is 83.6 Å². The topological polar surface area (TPSA) is 65.1 Å². The highest BCUT2D eigenvalue weighted by Gasteiger charge is 2.45. The van der Waals surface area contributed by atoms with Gasteiger partial charge in [0.1, 0.15) is 6.61 Å². The van der Waals surface area contributed by atoms with Crippen LogP contribution in [0, 0.1) is 0 Å². The number of esters is 1. The molecule has 0 radical (unpaired) electrons. The number of hydrogen-bond donors (Lipinski definition) is 0. The van der Waals surface area contributed by atoms with Crippen LogP contribution in [0.1, 0.15) is 23.0 Å². The van der Waals surface area contributed by atoms with Crippen LogP contribution in [0.15, 0.2) is 72.5 Å². The van der Waals surface area contributed by atoms with Gasteiger partial charge >= 0.3 is 12.1 Å². The molecule has 0 unspecified atom stereocenters. The molecule has 6 nitrogen and oxygen atoms in total. The van der Waals surface area contributed by atoms with Crippen LogP contribution in [0.4, 0.5) is 4.79 Å². The van der Waals surface area contributed by atoms with Gasteiger partial charge in [0.25, 0.3) is 0 Å². The second-order valence-corrected chi connectivity index (χ2v) is 6.71. The quantitative estimate of drug-likeness (QED) is 0.762. The van der Waals surface area contributed by atoms with E-state index in [-0.39, 0.29) is 17.6 Å². The van der Waals surface area contributed by atoms with E-state index in [1.54, 1.807) is 11.0 Å². The number of allylic oxidation sites excluding steroid dienone is 1. The predicted molar refractivity (Wildman–Crippen MR) is 101 cm³/mol. The molecule has 6 heteroatoms. The fourth-order valence-electron chi connectivity index (χ4n) is 3.82. The van der Waals surface area contributed by atoms with Gasteiger partial charge < -0.3 is 14.2 Å². The molecule has 144 valence electrons. The van der Waals surface area contributed by atoms with Crippen LogP contribution in [0.2, 0.25) is 0 Å². The first-order valence-electron chi connectivity index (χ1n) is 9.19. The number of nitrogens with zero attached hydrogens (tertiary/aromatic N) is 1. The van der Waals surface area contributed by atoms with Crippen molar-refractivity contribution in [3.63, 3.8) is 0 Å². The monoisotopic (exact) mass is 379 g/mol. The number of carbonyl (C=O) groups is 2. The highest BCUT2D eigenvalue weighted by molar-refractivity contribution is 5.86. The molecule has 0 saturated carbocycles. The summed E-state index contributed by atoms with van der Waals surface area (Å²) < 4.78 is 16.0. The lowest BCUT2D eigenvalue weighted by molar-refractivity contribution is -0.144. The molecule has 0 N–H and O–H groups in total. The Labute approximate surface area is 163 Å². The zero-order valence-corrected chi connectivity index (χ0v) is 15.5. The van der Waals surface area contributed by atoms with Gasteiger partial charge in [-0.25, -0.2) is 9.59 Å². The number of cyclic esters (lactones) is 1. The van der Waals surface area contributed by atoms with Crippen LogP contribution < -0.4 is 0 Å². The SMILES string of the molecule is COC(=O)C1=C[C@@H](c2ccccc2)[C@H](c2ccccc2)[C@@H](N2CCOC2=O)O1. The molecule has 0 bridgehead atoms. The molecule has 0 aromatic heterocycles. The first kappa shape index (κ1) is 18.1. The Morgan fingerprint density at radius 1 is 1.04 bits per heavy atom. The maximum absolute atomic E-state index is 12.3. The van der Waals surface area contributed by atoms with Crippen molar-refractivity contribution in [1.82, 2.24) is 4.90 Å². The van der Waals surface area contributed by atoms with E-state index in [1.807, 2.05) is 60.7 Å². The first-order chi connectivity index (χ1) is 13.7. The van der Waals surface area contributed by atoms with Crippen molar-refractivity contribution >= 4 is 12.1 Å². The summed E-state index contributed by atoms with van der Waals surface area (Å²) in [7, 11) is 1.31. The normalized spacial score (nSPS) is 24.2. The summed E-state index contributed by atoms with van der Waals surface area (Å²) >= 11 is 0. The summed E-state index contributed by atoms with van der Waals surface area (Å²) in [4.78, 5) is 26.2. The molecule has 2 aliphatic rings. The molecule has 2 aromatic rings. The van der Waals surface area contributed by atoms with Gasteiger partial charge in [-0.1, -0.05) is 60.7 Å². The van der Waals surface area contributed by atoms with Crippen molar-refractivity contribution in [3.8, 4) is 0 Å². The number of amides is 1. The smallest absolute Gasteiger partial charge is 0.412 e. The van der Waals surface area contributed by atoms with Crippen molar-refractivity contribution in [1.29, 1.82) is 0 Å². The molecule has 0 spiro atoms. The average molecular weight is 379 g/mol. The summed E-state index contributed by atoms with van der Waals surface area (Å²) in [6.07, 6.45) is 0.669. The summed E-state index contributed by atoms with van der Waals surface area (Å²) in [5.74, 6) is -0.842. The highest BCUT2D eigenvalue weighted by atomic mass is 16.6. The molecule has 2 heterocycles. The molecule has 4 rings (SSSR count). The molecule has 1 saturated heterocycles. The largest absolute Gasteiger partial charge is 0.463 e. The number of methoxy groups -OCH3 is 1. The minimum atomic E-state index is -0.679.